The molecule has 1 saturated heterocycles. The van der Waals surface area contributed by atoms with E-state index >= 15 is 0 Å². The molecule has 0 saturated carbocycles. The molecule has 24 heavy (non-hydrogen) atoms. The van der Waals surface area contributed by atoms with Gasteiger partial charge in [-0.1, -0.05) is 29.8 Å². The van der Waals surface area contributed by atoms with E-state index in [9.17, 15) is 9.59 Å². The second-order valence-corrected chi connectivity index (χ2v) is 7.13. The van der Waals surface area contributed by atoms with Gasteiger partial charge in [-0.25, -0.2) is 4.79 Å². The van der Waals surface area contributed by atoms with Gasteiger partial charge >= 0.3 is 6.09 Å². The van der Waals surface area contributed by atoms with Crippen LogP contribution in [0, 0.1) is 0 Å². The minimum atomic E-state index is -0.380. The van der Waals surface area contributed by atoms with Gasteiger partial charge in [0, 0.05) is 26.2 Å². The van der Waals surface area contributed by atoms with E-state index in [2.05, 4.69) is 0 Å². The molecule has 1 aromatic heterocycles. The summed E-state index contributed by atoms with van der Waals surface area (Å²) < 4.78 is 5.96. The van der Waals surface area contributed by atoms with Crippen molar-refractivity contribution in [3.05, 3.63) is 51.7 Å². The minimum absolute atomic E-state index is 0.0369. The summed E-state index contributed by atoms with van der Waals surface area (Å²) in [7, 11) is 0. The van der Waals surface area contributed by atoms with E-state index in [4.69, 9.17) is 16.3 Å². The molecule has 1 fully saturated rings. The first-order chi connectivity index (χ1) is 11.6. The maximum atomic E-state index is 12.5. The molecule has 0 aliphatic carbocycles. The van der Waals surface area contributed by atoms with Crippen LogP contribution in [0.25, 0.3) is 0 Å². The third-order valence-electron chi connectivity index (χ3n) is 3.77. The molecule has 3 rings (SSSR count). The summed E-state index contributed by atoms with van der Waals surface area (Å²) >= 11 is 7.17. The van der Waals surface area contributed by atoms with Crippen molar-refractivity contribution in [3.63, 3.8) is 0 Å². The minimum Gasteiger partial charge on any atom is -0.410 e. The Balaban J connectivity index is 1.58. The van der Waals surface area contributed by atoms with Crippen molar-refractivity contribution in [2.45, 2.75) is 6.42 Å². The quantitative estimate of drug-likeness (QED) is 0.815. The van der Waals surface area contributed by atoms with Gasteiger partial charge in [0.1, 0.15) is 5.75 Å². The molecule has 1 aliphatic heterocycles. The zero-order valence-corrected chi connectivity index (χ0v) is 14.6. The zero-order chi connectivity index (χ0) is 16.9. The SMILES string of the molecule is O=C(Oc1ccccc1)N1CCCN(C(=O)c2ccc(Cl)s2)CC1. The van der Waals surface area contributed by atoms with Gasteiger partial charge in [0.2, 0.25) is 0 Å². The van der Waals surface area contributed by atoms with Crippen molar-refractivity contribution in [1.29, 1.82) is 0 Å². The number of nitrogens with zero attached hydrogens (tertiary/aromatic N) is 2. The average molecular weight is 365 g/mol. The van der Waals surface area contributed by atoms with Crippen molar-refractivity contribution in [1.82, 2.24) is 9.80 Å². The Morgan fingerprint density at radius 1 is 0.958 bits per heavy atom. The second kappa shape index (κ2) is 7.68. The summed E-state index contributed by atoms with van der Waals surface area (Å²) in [6, 6.07) is 12.4. The first-order valence-electron chi connectivity index (χ1n) is 7.70. The van der Waals surface area contributed by atoms with Gasteiger partial charge in [-0.05, 0) is 30.7 Å². The zero-order valence-electron chi connectivity index (χ0n) is 13.0. The highest BCUT2D eigenvalue weighted by molar-refractivity contribution is 7.17. The van der Waals surface area contributed by atoms with Crippen molar-refractivity contribution >= 4 is 34.9 Å². The van der Waals surface area contributed by atoms with Gasteiger partial charge in [0.15, 0.2) is 0 Å². The number of carbonyl (C=O) groups is 2. The summed E-state index contributed by atoms with van der Waals surface area (Å²) in [5.41, 5.74) is 0. The average Bonchev–Trinajstić information content (AvgIpc) is 2.87. The molecule has 2 aromatic rings. The molecule has 1 aromatic carbocycles. The molecule has 5 nitrogen and oxygen atoms in total. The lowest BCUT2D eigenvalue weighted by Crippen LogP contribution is -2.38. The highest BCUT2D eigenvalue weighted by Gasteiger charge is 2.24. The Morgan fingerprint density at radius 2 is 1.67 bits per heavy atom. The fraction of sp³-hybridized carbons (Fsp3) is 0.294. The Morgan fingerprint density at radius 3 is 2.38 bits per heavy atom. The number of ether oxygens (including phenoxy) is 1. The molecular formula is C17H17ClN2O3S. The van der Waals surface area contributed by atoms with Gasteiger partial charge in [-0.2, -0.15) is 0 Å². The van der Waals surface area contributed by atoms with Crippen LogP contribution in [0.4, 0.5) is 4.79 Å². The third kappa shape index (κ3) is 4.07. The van der Waals surface area contributed by atoms with E-state index in [1.165, 1.54) is 11.3 Å². The van der Waals surface area contributed by atoms with Gasteiger partial charge in [0.25, 0.3) is 5.91 Å². The van der Waals surface area contributed by atoms with Gasteiger partial charge < -0.3 is 14.5 Å². The molecule has 0 atom stereocenters. The number of thiophene rings is 1. The number of amides is 2. The molecule has 0 unspecified atom stereocenters. The Kier molecular flexibility index (Phi) is 5.37. The first-order valence-corrected chi connectivity index (χ1v) is 8.89. The van der Waals surface area contributed by atoms with E-state index < -0.39 is 0 Å². The van der Waals surface area contributed by atoms with E-state index in [1.54, 1.807) is 34.1 Å². The van der Waals surface area contributed by atoms with Crippen LogP contribution in [0.5, 0.6) is 5.75 Å². The maximum Gasteiger partial charge on any atom is 0.415 e. The second-order valence-electron chi connectivity index (χ2n) is 5.42. The van der Waals surface area contributed by atoms with E-state index in [0.29, 0.717) is 41.1 Å². The van der Waals surface area contributed by atoms with Crippen molar-refractivity contribution in [2.75, 3.05) is 26.2 Å². The highest BCUT2D eigenvalue weighted by Crippen LogP contribution is 2.23. The molecule has 0 spiro atoms. The van der Waals surface area contributed by atoms with E-state index in [0.717, 1.165) is 6.42 Å². The topological polar surface area (TPSA) is 49.9 Å². The monoisotopic (exact) mass is 364 g/mol. The summed E-state index contributed by atoms with van der Waals surface area (Å²) in [6.07, 6.45) is 0.337. The number of carbonyl (C=O) groups excluding carboxylic acids is 2. The van der Waals surface area contributed by atoms with Crippen molar-refractivity contribution < 1.29 is 14.3 Å². The summed E-state index contributed by atoms with van der Waals surface area (Å²) in [5.74, 6) is 0.484. The number of benzene rings is 1. The summed E-state index contributed by atoms with van der Waals surface area (Å²) in [4.78, 5) is 28.8. The lowest BCUT2D eigenvalue weighted by molar-refractivity contribution is 0.0765. The largest absolute Gasteiger partial charge is 0.415 e. The Bertz CT molecular complexity index is 720. The molecule has 1 aliphatic rings. The summed E-state index contributed by atoms with van der Waals surface area (Å²) in [6.45, 7) is 2.12. The number of hydrogen-bond donors (Lipinski definition) is 0. The predicted octanol–water partition coefficient (Wildman–Crippen LogP) is 3.75. The molecular weight excluding hydrogens is 348 g/mol. The molecule has 7 heteroatoms. The van der Waals surface area contributed by atoms with Gasteiger partial charge in [-0.15, -0.1) is 11.3 Å². The number of para-hydroxylation sites is 1. The molecule has 2 heterocycles. The van der Waals surface area contributed by atoms with Gasteiger partial charge in [0.05, 0.1) is 9.21 Å². The van der Waals surface area contributed by atoms with Crippen LogP contribution in [-0.2, 0) is 0 Å². The van der Waals surface area contributed by atoms with Crippen molar-refractivity contribution in [2.24, 2.45) is 0 Å². The maximum absolute atomic E-state index is 12.5. The molecule has 0 N–H and O–H groups in total. The normalized spacial score (nSPS) is 15.0. The van der Waals surface area contributed by atoms with Crippen LogP contribution >= 0.6 is 22.9 Å². The fourth-order valence-electron chi connectivity index (χ4n) is 2.54. The third-order valence-corrected chi connectivity index (χ3v) is 4.99. The Hall–Kier alpha value is -2.05. The van der Waals surface area contributed by atoms with Crippen LogP contribution in [0.2, 0.25) is 4.34 Å². The standard InChI is InChI=1S/C17H17ClN2O3S/c18-15-8-7-14(24-15)16(21)19-9-4-10-20(12-11-19)17(22)23-13-5-2-1-3-6-13/h1-3,5-8H,4,9-12H2. The van der Waals surface area contributed by atoms with E-state index in [-0.39, 0.29) is 12.0 Å². The van der Waals surface area contributed by atoms with Crippen LogP contribution in [0.1, 0.15) is 16.1 Å². The smallest absolute Gasteiger partial charge is 0.410 e. The van der Waals surface area contributed by atoms with Crippen LogP contribution in [0.15, 0.2) is 42.5 Å². The lowest BCUT2D eigenvalue weighted by atomic mass is 10.3. The van der Waals surface area contributed by atoms with Crippen LogP contribution in [-0.4, -0.2) is 48.0 Å². The van der Waals surface area contributed by atoms with Crippen molar-refractivity contribution in [3.8, 4) is 5.75 Å². The van der Waals surface area contributed by atoms with Gasteiger partial charge in [-0.3, -0.25) is 4.79 Å². The number of halogens is 1. The number of hydrogen-bond acceptors (Lipinski definition) is 4. The highest BCUT2D eigenvalue weighted by atomic mass is 35.5. The number of rotatable bonds is 2. The predicted molar refractivity (Wildman–Crippen MR) is 93.9 cm³/mol. The van der Waals surface area contributed by atoms with Crippen LogP contribution in [0.3, 0.4) is 0 Å². The molecule has 126 valence electrons. The lowest BCUT2D eigenvalue weighted by Gasteiger charge is -2.21. The fourth-order valence-corrected chi connectivity index (χ4v) is 3.55. The van der Waals surface area contributed by atoms with Crippen LogP contribution < -0.4 is 4.74 Å². The first kappa shape index (κ1) is 16.8. The molecule has 2 amide bonds. The Labute approximate surface area is 149 Å². The summed E-state index contributed by atoms with van der Waals surface area (Å²) in [5, 5.41) is 0. The van der Waals surface area contributed by atoms with E-state index in [1.807, 2.05) is 18.2 Å². The molecule has 0 radical (unpaired) electrons. The molecule has 0 bridgehead atoms.